The molecule has 1 aliphatic heterocycles. The van der Waals surface area contributed by atoms with E-state index in [0.29, 0.717) is 25.4 Å². The molecule has 0 bridgehead atoms. The third-order valence-electron chi connectivity index (χ3n) is 3.76. The maximum atomic E-state index is 12.1. The molecule has 0 radical (unpaired) electrons. The molecule has 1 saturated heterocycles. The highest BCUT2D eigenvalue weighted by molar-refractivity contribution is 5.77. The maximum Gasteiger partial charge on any atom is 0.260 e. The number of hydrogen-bond acceptors (Lipinski definition) is 4. The summed E-state index contributed by atoms with van der Waals surface area (Å²) in [5, 5.41) is 0. The average molecular weight is 327 g/mol. The summed E-state index contributed by atoms with van der Waals surface area (Å²) in [5.74, 6) is 2.13. The summed E-state index contributed by atoms with van der Waals surface area (Å²) in [6, 6.07) is 16.8. The van der Waals surface area contributed by atoms with Gasteiger partial charge in [-0.3, -0.25) is 4.79 Å². The number of rotatable bonds is 5. The van der Waals surface area contributed by atoms with Crippen LogP contribution in [0.5, 0.6) is 17.2 Å². The van der Waals surface area contributed by atoms with Crippen LogP contribution in [0.2, 0.25) is 0 Å². The van der Waals surface area contributed by atoms with Crippen LogP contribution in [0.3, 0.4) is 0 Å². The second-order valence-electron chi connectivity index (χ2n) is 5.70. The number of hydrogen-bond donors (Lipinski definition) is 0. The molecule has 5 nitrogen and oxygen atoms in total. The Morgan fingerprint density at radius 2 is 1.75 bits per heavy atom. The van der Waals surface area contributed by atoms with E-state index in [1.165, 1.54) is 0 Å². The molecule has 1 fully saturated rings. The van der Waals surface area contributed by atoms with Crippen molar-refractivity contribution in [1.29, 1.82) is 0 Å². The maximum absolute atomic E-state index is 12.1. The van der Waals surface area contributed by atoms with Crippen LogP contribution in [0.4, 0.5) is 0 Å². The van der Waals surface area contributed by atoms with Crippen molar-refractivity contribution in [2.45, 2.75) is 13.0 Å². The van der Waals surface area contributed by atoms with Gasteiger partial charge in [0.05, 0.1) is 12.7 Å². The summed E-state index contributed by atoms with van der Waals surface area (Å²) in [5.41, 5.74) is 0. The molecule has 0 saturated carbocycles. The van der Waals surface area contributed by atoms with Gasteiger partial charge in [0.2, 0.25) is 0 Å². The van der Waals surface area contributed by atoms with E-state index in [0.717, 1.165) is 11.5 Å². The lowest BCUT2D eigenvalue weighted by Gasteiger charge is -2.31. The molecule has 126 valence electrons. The smallest absolute Gasteiger partial charge is 0.260 e. The fourth-order valence-corrected chi connectivity index (χ4v) is 2.51. The van der Waals surface area contributed by atoms with Crippen molar-refractivity contribution in [2.75, 3.05) is 26.3 Å². The van der Waals surface area contributed by atoms with Crippen LogP contribution in [0.25, 0.3) is 0 Å². The highest BCUT2D eigenvalue weighted by Crippen LogP contribution is 2.23. The lowest BCUT2D eigenvalue weighted by Crippen LogP contribution is -2.46. The second kappa shape index (κ2) is 7.84. The van der Waals surface area contributed by atoms with Gasteiger partial charge in [-0.25, -0.2) is 0 Å². The van der Waals surface area contributed by atoms with Crippen LogP contribution < -0.4 is 9.47 Å². The van der Waals surface area contributed by atoms with Crippen molar-refractivity contribution in [3.05, 3.63) is 54.6 Å². The highest BCUT2D eigenvalue weighted by Gasteiger charge is 2.21. The van der Waals surface area contributed by atoms with Crippen molar-refractivity contribution < 1.29 is 19.0 Å². The van der Waals surface area contributed by atoms with E-state index in [2.05, 4.69) is 0 Å². The van der Waals surface area contributed by atoms with E-state index in [1.54, 1.807) is 17.0 Å². The SMILES string of the molecule is C[C@H]1CN(C(=O)COc2ccc(Oc3ccccc3)cc2)CCO1. The third-order valence-corrected chi connectivity index (χ3v) is 3.76. The van der Waals surface area contributed by atoms with Gasteiger partial charge in [-0.2, -0.15) is 0 Å². The first kappa shape index (κ1) is 16.3. The zero-order valence-corrected chi connectivity index (χ0v) is 13.7. The molecule has 0 aromatic heterocycles. The molecule has 0 unspecified atom stereocenters. The number of amides is 1. The number of benzene rings is 2. The van der Waals surface area contributed by atoms with Gasteiger partial charge in [0, 0.05) is 13.1 Å². The van der Waals surface area contributed by atoms with Crippen molar-refractivity contribution >= 4 is 5.91 Å². The standard InChI is InChI=1S/C19H21NO4/c1-15-13-20(11-12-22-15)19(21)14-23-16-7-9-18(10-8-16)24-17-5-3-2-4-6-17/h2-10,15H,11-14H2,1H3/t15-/m0/s1. The summed E-state index contributed by atoms with van der Waals surface area (Å²) in [6.07, 6.45) is 0.0807. The second-order valence-corrected chi connectivity index (χ2v) is 5.70. The number of ether oxygens (including phenoxy) is 3. The third kappa shape index (κ3) is 4.49. The molecule has 0 aliphatic carbocycles. The lowest BCUT2D eigenvalue weighted by molar-refractivity contribution is -0.140. The molecule has 24 heavy (non-hydrogen) atoms. The Kier molecular flexibility index (Phi) is 5.33. The van der Waals surface area contributed by atoms with E-state index < -0.39 is 0 Å². The van der Waals surface area contributed by atoms with Gasteiger partial charge in [-0.15, -0.1) is 0 Å². The molecule has 2 aromatic carbocycles. The van der Waals surface area contributed by atoms with Crippen LogP contribution in [0, 0.1) is 0 Å². The Hall–Kier alpha value is -2.53. The van der Waals surface area contributed by atoms with Crippen LogP contribution in [0.1, 0.15) is 6.92 Å². The normalized spacial score (nSPS) is 17.4. The van der Waals surface area contributed by atoms with Crippen LogP contribution in [-0.4, -0.2) is 43.2 Å². The Balaban J connectivity index is 1.50. The van der Waals surface area contributed by atoms with Gasteiger partial charge >= 0.3 is 0 Å². The van der Waals surface area contributed by atoms with Gasteiger partial charge in [0.1, 0.15) is 17.2 Å². The largest absolute Gasteiger partial charge is 0.484 e. The van der Waals surface area contributed by atoms with E-state index in [9.17, 15) is 4.79 Å². The Morgan fingerprint density at radius 1 is 1.08 bits per heavy atom. The molecule has 1 amide bonds. The molecule has 3 rings (SSSR count). The van der Waals surface area contributed by atoms with Crippen LogP contribution in [-0.2, 0) is 9.53 Å². The van der Waals surface area contributed by atoms with Crippen molar-refractivity contribution in [3.63, 3.8) is 0 Å². The quantitative estimate of drug-likeness (QED) is 0.847. The van der Waals surface area contributed by atoms with E-state index >= 15 is 0 Å². The Morgan fingerprint density at radius 3 is 2.46 bits per heavy atom. The molecular formula is C19H21NO4. The summed E-state index contributed by atoms with van der Waals surface area (Å²) >= 11 is 0. The zero-order valence-electron chi connectivity index (χ0n) is 13.7. The summed E-state index contributed by atoms with van der Waals surface area (Å²) in [4.78, 5) is 13.9. The topological polar surface area (TPSA) is 48.0 Å². The summed E-state index contributed by atoms with van der Waals surface area (Å²) in [6.45, 7) is 3.82. The van der Waals surface area contributed by atoms with Crippen LogP contribution in [0.15, 0.2) is 54.6 Å². The van der Waals surface area contributed by atoms with Crippen molar-refractivity contribution in [1.82, 2.24) is 4.90 Å². The fraction of sp³-hybridized carbons (Fsp3) is 0.316. The van der Waals surface area contributed by atoms with E-state index in [-0.39, 0.29) is 18.6 Å². The van der Waals surface area contributed by atoms with Gasteiger partial charge in [-0.05, 0) is 43.3 Å². The van der Waals surface area contributed by atoms with Crippen molar-refractivity contribution in [3.8, 4) is 17.2 Å². The van der Waals surface area contributed by atoms with Crippen LogP contribution >= 0.6 is 0 Å². The summed E-state index contributed by atoms with van der Waals surface area (Å²) in [7, 11) is 0. The first-order valence-electron chi connectivity index (χ1n) is 8.06. The number of morpholine rings is 1. The first-order valence-corrected chi connectivity index (χ1v) is 8.06. The minimum absolute atomic E-state index is 0.0187. The fourth-order valence-electron chi connectivity index (χ4n) is 2.51. The van der Waals surface area contributed by atoms with Gasteiger partial charge in [0.25, 0.3) is 5.91 Å². The highest BCUT2D eigenvalue weighted by atomic mass is 16.5. The molecule has 2 aromatic rings. The Bertz CT molecular complexity index is 657. The van der Waals surface area contributed by atoms with E-state index in [4.69, 9.17) is 14.2 Å². The molecule has 5 heteroatoms. The molecule has 0 N–H and O–H groups in total. The number of para-hydroxylation sites is 1. The van der Waals surface area contributed by atoms with Gasteiger partial charge < -0.3 is 19.1 Å². The zero-order chi connectivity index (χ0) is 16.8. The minimum atomic E-state index is -0.0187. The molecule has 1 atom stereocenters. The molecule has 1 heterocycles. The average Bonchev–Trinajstić information content (AvgIpc) is 2.62. The number of carbonyl (C=O) groups is 1. The monoisotopic (exact) mass is 327 g/mol. The minimum Gasteiger partial charge on any atom is -0.484 e. The summed E-state index contributed by atoms with van der Waals surface area (Å²) < 4.78 is 16.7. The molecular weight excluding hydrogens is 306 g/mol. The predicted molar refractivity (Wildman–Crippen MR) is 90.4 cm³/mol. The number of nitrogens with zero attached hydrogens (tertiary/aromatic N) is 1. The molecule has 0 spiro atoms. The van der Waals surface area contributed by atoms with E-state index in [1.807, 2.05) is 49.4 Å². The Labute approximate surface area is 141 Å². The number of carbonyl (C=O) groups excluding carboxylic acids is 1. The first-order chi connectivity index (χ1) is 11.7. The lowest BCUT2D eigenvalue weighted by atomic mass is 10.3. The van der Waals surface area contributed by atoms with Gasteiger partial charge in [-0.1, -0.05) is 18.2 Å². The molecule has 1 aliphatic rings. The predicted octanol–water partition coefficient (Wildman–Crippen LogP) is 3.11. The van der Waals surface area contributed by atoms with Gasteiger partial charge in [0.15, 0.2) is 6.61 Å². The van der Waals surface area contributed by atoms with Crippen molar-refractivity contribution in [2.24, 2.45) is 0 Å².